The molecule has 1 aliphatic rings. The lowest BCUT2D eigenvalue weighted by Crippen LogP contribution is -2.20. The summed E-state index contributed by atoms with van der Waals surface area (Å²) in [6.45, 7) is 0.671. The van der Waals surface area contributed by atoms with E-state index in [2.05, 4.69) is 0 Å². The fourth-order valence-corrected chi connectivity index (χ4v) is 2.96. The Kier molecular flexibility index (Phi) is 4.55. The molecule has 1 aromatic carbocycles. The van der Waals surface area contributed by atoms with E-state index in [-0.39, 0.29) is 5.82 Å². The Bertz CT molecular complexity index is 345. The largest absolute Gasteiger partial charge is 0.330 e. The summed E-state index contributed by atoms with van der Waals surface area (Å²) >= 11 is 0. The topological polar surface area (TPSA) is 26.0 Å². The van der Waals surface area contributed by atoms with Crippen LogP contribution in [-0.2, 0) is 6.42 Å². The van der Waals surface area contributed by atoms with E-state index in [4.69, 9.17) is 5.73 Å². The number of hydrogen-bond acceptors (Lipinski definition) is 1. The van der Waals surface area contributed by atoms with Crippen molar-refractivity contribution >= 4 is 0 Å². The van der Waals surface area contributed by atoms with E-state index < -0.39 is 0 Å². The van der Waals surface area contributed by atoms with Crippen molar-refractivity contribution in [3.8, 4) is 0 Å². The lowest BCUT2D eigenvalue weighted by Gasteiger charge is -2.19. The molecular formula is C15H22FN. The standard InChI is InChI=1S/C15H22FN/c16-15-8-4-3-7-14(15)10-13(11-17)9-12-5-1-2-6-12/h3-4,7-8,12-13H,1-2,5-6,9-11,17H2. The first-order valence-corrected chi connectivity index (χ1v) is 6.73. The Morgan fingerprint density at radius 3 is 2.59 bits per heavy atom. The Morgan fingerprint density at radius 2 is 1.94 bits per heavy atom. The molecule has 0 amide bonds. The average molecular weight is 235 g/mol. The van der Waals surface area contributed by atoms with Crippen molar-refractivity contribution in [2.24, 2.45) is 17.6 Å². The normalized spacial score (nSPS) is 18.5. The van der Waals surface area contributed by atoms with Crippen LogP contribution in [0.3, 0.4) is 0 Å². The number of rotatable bonds is 5. The molecule has 0 spiro atoms. The molecule has 1 aliphatic carbocycles. The maximum Gasteiger partial charge on any atom is 0.126 e. The van der Waals surface area contributed by atoms with Crippen LogP contribution in [0.1, 0.15) is 37.7 Å². The van der Waals surface area contributed by atoms with Crippen molar-refractivity contribution in [1.29, 1.82) is 0 Å². The van der Waals surface area contributed by atoms with Crippen LogP contribution >= 0.6 is 0 Å². The van der Waals surface area contributed by atoms with Gasteiger partial charge < -0.3 is 5.73 Å². The molecule has 0 aliphatic heterocycles. The zero-order chi connectivity index (χ0) is 12.1. The summed E-state index contributed by atoms with van der Waals surface area (Å²) in [5.41, 5.74) is 6.65. The van der Waals surface area contributed by atoms with Crippen LogP contribution in [0, 0.1) is 17.7 Å². The maximum atomic E-state index is 13.6. The van der Waals surface area contributed by atoms with Crippen LogP contribution in [0.4, 0.5) is 4.39 Å². The third kappa shape index (κ3) is 3.53. The first kappa shape index (κ1) is 12.6. The molecule has 1 nitrogen and oxygen atoms in total. The molecule has 0 radical (unpaired) electrons. The van der Waals surface area contributed by atoms with E-state index in [1.54, 1.807) is 12.1 Å². The molecule has 0 aromatic heterocycles. The molecule has 0 heterocycles. The summed E-state index contributed by atoms with van der Waals surface area (Å²) in [6, 6.07) is 7.07. The first-order valence-electron chi connectivity index (χ1n) is 6.73. The van der Waals surface area contributed by atoms with Gasteiger partial charge in [0, 0.05) is 0 Å². The van der Waals surface area contributed by atoms with Gasteiger partial charge in [0.15, 0.2) is 0 Å². The number of hydrogen-bond donors (Lipinski definition) is 1. The first-order chi connectivity index (χ1) is 8.29. The molecule has 1 fully saturated rings. The summed E-state index contributed by atoms with van der Waals surface area (Å²) in [7, 11) is 0. The van der Waals surface area contributed by atoms with E-state index in [1.165, 1.54) is 32.1 Å². The van der Waals surface area contributed by atoms with Gasteiger partial charge in [-0.25, -0.2) is 4.39 Å². The number of nitrogens with two attached hydrogens (primary N) is 1. The molecule has 0 saturated heterocycles. The predicted molar refractivity (Wildman–Crippen MR) is 69.2 cm³/mol. The summed E-state index contributed by atoms with van der Waals surface area (Å²) in [4.78, 5) is 0. The molecule has 1 unspecified atom stereocenters. The number of benzene rings is 1. The molecule has 17 heavy (non-hydrogen) atoms. The van der Waals surface area contributed by atoms with Gasteiger partial charge in [0.25, 0.3) is 0 Å². The number of halogens is 1. The van der Waals surface area contributed by atoms with Crippen LogP contribution < -0.4 is 5.73 Å². The van der Waals surface area contributed by atoms with E-state index in [9.17, 15) is 4.39 Å². The van der Waals surface area contributed by atoms with Gasteiger partial charge >= 0.3 is 0 Å². The molecule has 1 aromatic rings. The second kappa shape index (κ2) is 6.15. The molecule has 2 heteroatoms. The fourth-order valence-electron chi connectivity index (χ4n) is 2.96. The van der Waals surface area contributed by atoms with Crippen LogP contribution in [0.5, 0.6) is 0 Å². The van der Waals surface area contributed by atoms with Crippen LogP contribution in [-0.4, -0.2) is 6.54 Å². The second-order valence-corrected chi connectivity index (χ2v) is 5.28. The Balaban J connectivity index is 1.92. The monoisotopic (exact) mass is 235 g/mol. The smallest absolute Gasteiger partial charge is 0.126 e. The van der Waals surface area contributed by atoms with E-state index >= 15 is 0 Å². The van der Waals surface area contributed by atoms with Crippen LogP contribution in [0.15, 0.2) is 24.3 Å². The summed E-state index contributed by atoms with van der Waals surface area (Å²) < 4.78 is 13.6. The zero-order valence-corrected chi connectivity index (χ0v) is 10.4. The van der Waals surface area contributed by atoms with Gasteiger partial charge in [-0.3, -0.25) is 0 Å². The summed E-state index contributed by atoms with van der Waals surface area (Å²) in [5.74, 6) is 1.18. The van der Waals surface area contributed by atoms with Gasteiger partial charge in [-0.05, 0) is 42.9 Å². The van der Waals surface area contributed by atoms with Crippen molar-refractivity contribution in [3.05, 3.63) is 35.6 Å². The molecular weight excluding hydrogens is 213 g/mol. The highest BCUT2D eigenvalue weighted by atomic mass is 19.1. The molecule has 2 N–H and O–H groups in total. The van der Waals surface area contributed by atoms with E-state index in [0.29, 0.717) is 12.5 Å². The minimum Gasteiger partial charge on any atom is -0.330 e. The highest BCUT2D eigenvalue weighted by Crippen LogP contribution is 2.31. The highest BCUT2D eigenvalue weighted by Gasteiger charge is 2.20. The van der Waals surface area contributed by atoms with Gasteiger partial charge in [-0.15, -0.1) is 0 Å². The average Bonchev–Trinajstić information content (AvgIpc) is 2.84. The maximum absolute atomic E-state index is 13.6. The lowest BCUT2D eigenvalue weighted by molar-refractivity contribution is 0.375. The van der Waals surface area contributed by atoms with Gasteiger partial charge in [0.1, 0.15) is 5.82 Å². The van der Waals surface area contributed by atoms with E-state index in [0.717, 1.165) is 17.9 Å². The summed E-state index contributed by atoms with van der Waals surface area (Å²) in [6.07, 6.45) is 7.37. The van der Waals surface area contributed by atoms with Crippen molar-refractivity contribution in [3.63, 3.8) is 0 Å². The minimum atomic E-state index is -0.0858. The lowest BCUT2D eigenvalue weighted by atomic mass is 9.88. The highest BCUT2D eigenvalue weighted by molar-refractivity contribution is 5.17. The summed E-state index contributed by atoms with van der Waals surface area (Å²) in [5, 5.41) is 0. The van der Waals surface area contributed by atoms with Crippen molar-refractivity contribution in [2.45, 2.75) is 38.5 Å². The van der Waals surface area contributed by atoms with Crippen molar-refractivity contribution in [1.82, 2.24) is 0 Å². The second-order valence-electron chi connectivity index (χ2n) is 5.28. The Morgan fingerprint density at radius 1 is 1.24 bits per heavy atom. The molecule has 0 bridgehead atoms. The molecule has 1 atom stereocenters. The quantitative estimate of drug-likeness (QED) is 0.830. The van der Waals surface area contributed by atoms with Gasteiger partial charge in [0.2, 0.25) is 0 Å². The third-order valence-corrected chi connectivity index (χ3v) is 3.94. The van der Waals surface area contributed by atoms with Crippen LogP contribution in [0.2, 0.25) is 0 Å². The molecule has 1 saturated carbocycles. The SMILES string of the molecule is NCC(Cc1ccccc1F)CC1CCCC1. The van der Waals surface area contributed by atoms with E-state index in [1.807, 2.05) is 12.1 Å². The molecule has 2 rings (SSSR count). The third-order valence-electron chi connectivity index (χ3n) is 3.94. The van der Waals surface area contributed by atoms with Gasteiger partial charge in [-0.2, -0.15) is 0 Å². The fraction of sp³-hybridized carbons (Fsp3) is 0.600. The zero-order valence-electron chi connectivity index (χ0n) is 10.4. The minimum absolute atomic E-state index is 0.0858. The van der Waals surface area contributed by atoms with Gasteiger partial charge in [-0.1, -0.05) is 43.9 Å². The van der Waals surface area contributed by atoms with Crippen molar-refractivity contribution in [2.75, 3.05) is 6.54 Å². The van der Waals surface area contributed by atoms with Gasteiger partial charge in [0.05, 0.1) is 0 Å². The Labute approximate surface area is 103 Å². The van der Waals surface area contributed by atoms with Crippen LogP contribution in [0.25, 0.3) is 0 Å². The Hall–Kier alpha value is -0.890. The van der Waals surface area contributed by atoms with Crippen molar-refractivity contribution < 1.29 is 4.39 Å². The molecule has 94 valence electrons. The predicted octanol–water partition coefficient (Wildman–Crippen LogP) is 3.52.